The second kappa shape index (κ2) is 7.17. The van der Waals surface area contributed by atoms with Crippen LogP contribution in [0.1, 0.15) is 13.3 Å². The molecule has 8 heteroatoms. The summed E-state index contributed by atoms with van der Waals surface area (Å²) in [5, 5.41) is 12.2. The third kappa shape index (κ3) is 3.91. The highest BCUT2D eigenvalue weighted by Crippen LogP contribution is 2.20. The molecule has 0 aliphatic carbocycles. The second-order valence-corrected chi connectivity index (χ2v) is 6.78. The minimum Gasteiger partial charge on any atom is -0.394 e. The summed E-state index contributed by atoms with van der Waals surface area (Å²) in [7, 11) is -3.59. The summed E-state index contributed by atoms with van der Waals surface area (Å²) in [6.07, 6.45) is 1.95. The molecule has 1 saturated heterocycles. The lowest BCUT2D eigenvalue weighted by atomic mass is 10.3. The summed E-state index contributed by atoms with van der Waals surface area (Å²) in [6.45, 7) is 3.32. The molecule has 0 bridgehead atoms. The molecule has 0 amide bonds. The molecule has 1 atom stereocenters. The summed E-state index contributed by atoms with van der Waals surface area (Å²) in [6, 6.07) is 3.02. The molecule has 118 valence electrons. The van der Waals surface area contributed by atoms with Crippen molar-refractivity contribution in [3.63, 3.8) is 0 Å². The van der Waals surface area contributed by atoms with Crippen molar-refractivity contribution in [1.82, 2.24) is 9.29 Å². The molecule has 1 aromatic rings. The number of aliphatic hydroxyl groups excluding tert-OH is 1. The molecule has 1 unspecified atom stereocenters. The van der Waals surface area contributed by atoms with Crippen LogP contribution in [0.5, 0.6) is 0 Å². The first kappa shape index (κ1) is 16.2. The van der Waals surface area contributed by atoms with E-state index in [1.54, 1.807) is 0 Å². The van der Waals surface area contributed by atoms with Gasteiger partial charge >= 0.3 is 0 Å². The smallest absolute Gasteiger partial charge is 0.243 e. The van der Waals surface area contributed by atoms with Crippen LogP contribution < -0.4 is 5.32 Å². The van der Waals surface area contributed by atoms with Gasteiger partial charge in [-0.3, -0.25) is 0 Å². The van der Waals surface area contributed by atoms with Crippen LogP contribution in [0.3, 0.4) is 0 Å². The molecule has 2 rings (SSSR count). The van der Waals surface area contributed by atoms with Crippen LogP contribution in [-0.2, 0) is 14.8 Å². The molecule has 21 heavy (non-hydrogen) atoms. The van der Waals surface area contributed by atoms with Crippen molar-refractivity contribution in [1.29, 1.82) is 0 Å². The van der Waals surface area contributed by atoms with Gasteiger partial charge in [-0.25, -0.2) is 13.4 Å². The Kier molecular flexibility index (Phi) is 5.51. The summed E-state index contributed by atoms with van der Waals surface area (Å²) in [4.78, 5) is 4.31. The Labute approximate surface area is 125 Å². The highest BCUT2D eigenvalue weighted by Gasteiger charge is 2.30. The number of pyridine rings is 1. The second-order valence-electron chi connectivity index (χ2n) is 4.84. The number of nitrogens with zero attached hydrogens (tertiary/aromatic N) is 2. The van der Waals surface area contributed by atoms with E-state index in [9.17, 15) is 8.42 Å². The van der Waals surface area contributed by atoms with Crippen molar-refractivity contribution >= 4 is 15.8 Å². The van der Waals surface area contributed by atoms with Crippen molar-refractivity contribution < 1.29 is 18.3 Å². The zero-order valence-corrected chi connectivity index (χ0v) is 12.8. The molecular formula is C13H21N3O4S. The molecule has 1 fully saturated rings. The summed E-state index contributed by atoms with van der Waals surface area (Å²) < 4.78 is 31.8. The topological polar surface area (TPSA) is 91.8 Å². The number of rotatable bonds is 6. The maximum atomic E-state index is 12.6. The van der Waals surface area contributed by atoms with Crippen LogP contribution in [0.15, 0.2) is 23.2 Å². The molecule has 2 N–H and O–H groups in total. The average molecular weight is 315 g/mol. The highest BCUT2D eigenvalue weighted by molar-refractivity contribution is 7.89. The first-order valence-electron chi connectivity index (χ1n) is 7.00. The average Bonchev–Trinajstić information content (AvgIpc) is 2.53. The maximum absolute atomic E-state index is 12.6. The minimum absolute atomic E-state index is 0.166. The molecular weight excluding hydrogens is 294 g/mol. The fraction of sp³-hybridized carbons (Fsp3) is 0.615. The molecule has 1 aromatic heterocycles. The third-order valence-electron chi connectivity index (χ3n) is 3.23. The van der Waals surface area contributed by atoms with Gasteiger partial charge in [-0.15, -0.1) is 0 Å². The van der Waals surface area contributed by atoms with E-state index in [2.05, 4.69) is 10.3 Å². The van der Waals surface area contributed by atoms with Gasteiger partial charge in [-0.05, 0) is 12.5 Å². The number of nitrogens with one attached hydrogen (secondary N) is 1. The van der Waals surface area contributed by atoms with Gasteiger partial charge in [0.2, 0.25) is 10.0 Å². The number of sulfonamides is 1. The predicted molar refractivity (Wildman–Crippen MR) is 78.6 cm³/mol. The highest BCUT2D eigenvalue weighted by atomic mass is 32.2. The standard InChI is InChI=1S/C13H21N3O4S/c1-2-4-14-13-8-12(3-5-15-13)21(18,19)16-6-7-20-11(9-16)10-17/h3,5,8,11,17H,2,4,6-7,9-10H2,1H3,(H,14,15). The van der Waals surface area contributed by atoms with Crippen LogP contribution in [0, 0.1) is 0 Å². The van der Waals surface area contributed by atoms with Crippen LogP contribution in [-0.4, -0.2) is 61.8 Å². The van der Waals surface area contributed by atoms with Crippen molar-refractivity contribution in [2.24, 2.45) is 0 Å². The number of ether oxygens (including phenoxy) is 1. The lowest BCUT2D eigenvalue weighted by Gasteiger charge is -2.31. The quantitative estimate of drug-likeness (QED) is 0.784. The minimum atomic E-state index is -3.59. The van der Waals surface area contributed by atoms with Crippen molar-refractivity contribution in [2.75, 3.05) is 38.2 Å². The normalized spacial score (nSPS) is 20.4. The van der Waals surface area contributed by atoms with E-state index in [-0.39, 0.29) is 24.7 Å². The largest absolute Gasteiger partial charge is 0.394 e. The van der Waals surface area contributed by atoms with E-state index in [1.165, 1.54) is 22.6 Å². The van der Waals surface area contributed by atoms with E-state index >= 15 is 0 Å². The van der Waals surface area contributed by atoms with Crippen molar-refractivity contribution in [3.05, 3.63) is 18.3 Å². The molecule has 0 spiro atoms. The van der Waals surface area contributed by atoms with Gasteiger partial charge < -0.3 is 15.2 Å². The molecule has 1 aliphatic heterocycles. The molecule has 0 radical (unpaired) electrons. The van der Waals surface area contributed by atoms with Gasteiger partial charge in [0, 0.05) is 31.9 Å². The van der Waals surface area contributed by atoms with Gasteiger partial charge in [0.1, 0.15) is 5.82 Å². The number of aliphatic hydroxyl groups is 1. The Balaban J connectivity index is 2.18. The van der Waals surface area contributed by atoms with Gasteiger partial charge in [-0.1, -0.05) is 6.92 Å². The summed E-state index contributed by atoms with van der Waals surface area (Å²) >= 11 is 0. The van der Waals surface area contributed by atoms with Crippen LogP contribution in [0.25, 0.3) is 0 Å². The SMILES string of the molecule is CCCNc1cc(S(=O)(=O)N2CCOC(CO)C2)ccn1. The Bertz CT molecular complexity index is 564. The lowest BCUT2D eigenvalue weighted by Crippen LogP contribution is -2.46. The third-order valence-corrected chi connectivity index (χ3v) is 5.09. The summed E-state index contributed by atoms with van der Waals surface area (Å²) in [5.41, 5.74) is 0. The number of hydrogen-bond acceptors (Lipinski definition) is 6. The molecule has 7 nitrogen and oxygen atoms in total. The number of aromatic nitrogens is 1. The zero-order valence-electron chi connectivity index (χ0n) is 12.0. The molecule has 1 aliphatic rings. The van der Waals surface area contributed by atoms with Crippen LogP contribution in [0.4, 0.5) is 5.82 Å². The Hall–Kier alpha value is -1.22. The molecule has 0 aromatic carbocycles. The monoisotopic (exact) mass is 315 g/mol. The Morgan fingerprint density at radius 3 is 3.10 bits per heavy atom. The predicted octanol–water partition coefficient (Wildman–Crippen LogP) is 0.285. The fourth-order valence-corrected chi connectivity index (χ4v) is 3.56. The number of morpholine rings is 1. The van der Waals surface area contributed by atoms with Gasteiger partial charge in [0.15, 0.2) is 0 Å². The first-order chi connectivity index (χ1) is 10.1. The number of hydrogen-bond donors (Lipinski definition) is 2. The molecule has 0 saturated carbocycles. The van der Waals surface area contributed by atoms with Crippen molar-refractivity contribution in [3.8, 4) is 0 Å². The van der Waals surface area contributed by atoms with E-state index in [1.807, 2.05) is 6.92 Å². The Morgan fingerprint density at radius 1 is 1.57 bits per heavy atom. The van der Waals surface area contributed by atoms with E-state index in [4.69, 9.17) is 9.84 Å². The van der Waals surface area contributed by atoms with Crippen LogP contribution >= 0.6 is 0 Å². The Morgan fingerprint density at radius 2 is 2.38 bits per heavy atom. The van der Waals surface area contributed by atoms with Crippen molar-refractivity contribution in [2.45, 2.75) is 24.3 Å². The molecule has 2 heterocycles. The first-order valence-corrected chi connectivity index (χ1v) is 8.44. The zero-order chi connectivity index (χ0) is 15.3. The van der Waals surface area contributed by atoms with Gasteiger partial charge in [0.25, 0.3) is 0 Å². The van der Waals surface area contributed by atoms with E-state index in [0.717, 1.165) is 13.0 Å². The van der Waals surface area contributed by atoms with E-state index in [0.29, 0.717) is 12.4 Å². The number of anilines is 1. The van der Waals surface area contributed by atoms with E-state index < -0.39 is 16.1 Å². The van der Waals surface area contributed by atoms with Gasteiger partial charge in [0.05, 0.1) is 24.2 Å². The maximum Gasteiger partial charge on any atom is 0.243 e. The van der Waals surface area contributed by atoms with Crippen LogP contribution in [0.2, 0.25) is 0 Å². The fourth-order valence-electron chi connectivity index (χ4n) is 2.09. The lowest BCUT2D eigenvalue weighted by molar-refractivity contribution is -0.0304. The summed E-state index contributed by atoms with van der Waals surface area (Å²) in [5.74, 6) is 0.546. The van der Waals surface area contributed by atoms with Gasteiger partial charge in [-0.2, -0.15) is 4.31 Å².